The van der Waals surface area contributed by atoms with Gasteiger partial charge in [0, 0.05) is 7.05 Å². The lowest BCUT2D eigenvalue weighted by Crippen LogP contribution is -2.17. The minimum Gasteiger partial charge on any atom is -0.287 e. The SMILES string of the molecule is C#CCSC(=S)N(C)O. The molecule has 0 aromatic heterocycles. The molecule has 0 atom stereocenters. The topological polar surface area (TPSA) is 23.5 Å². The van der Waals surface area contributed by atoms with Crippen molar-refractivity contribution in [3.05, 3.63) is 0 Å². The normalized spacial score (nSPS) is 8.11. The molecule has 4 heteroatoms. The third-order valence-electron chi connectivity index (χ3n) is 0.543. The molecule has 0 unspecified atom stereocenters. The minimum absolute atomic E-state index is 0.396. The second-order valence-corrected chi connectivity index (χ2v) is 2.89. The molecule has 0 spiro atoms. The highest BCUT2D eigenvalue weighted by Crippen LogP contribution is 2.03. The third kappa shape index (κ3) is 4.28. The Bertz CT molecular complexity index is 138. The van der Waals surface area contributed by atoms with E-state index in [9.17, 15) is 0 Å². The number of rotatable bonds is 1. The molecule has 0 fully saturated rings. The Morgan fingerprint density at radius 3 is 2.89 bits per heavy atom. The van der Waals surface area contributed by atoms with Crippen LogP contribution in [0.15, 0.2) is 0 Å². The molecule has 0 saturated carbocycles. The lowest BCUT2D eigenvalue weighted by Gasteiger charge is -2.07. The molecule has 2 nitrogen and oxygen atoms in total. The van der Waals surface area contributed by atoms with Crippen molar-refractivity contribution in [3.63, 3.8) is 0 Å². The summed E-state index contributed by atoms with van der Waals surface area (Å²) in [5, 5.41) is 9.52. The van der Waals surface area contributed by atoms with Crippen LogP contribution in [0.25, 0.3) is 0 Å². The van der Waals surface area contributed by atoms with Crippen LogP contribution in [0, 0.1) is 12.3 Å². The molecular formula is C5H7NOS2. The maximum atomic E-state index is 8.65. The van der Waals surface area contributed by atoms with Crippen LogP contribution in [-0.2, 0) is 0 Å². The van der Waals surface area contributed by atoms with Gasteiger partial charge in [-0.3, -0.25) is 5.21 Å². The van der Waals surface area contributed by atoms with Crippen LogP contribution in [0.2, 0.25) is 0 Å². The van der Waals surface area contributed by atoms with Crippen LogP contribution < -0.4 is 0 Å². The zero-order valence-corrected chi connectivity index (χ0v) is 6.63. The van der Waals surface area contributed by atoms with Crippen molar-refractivity contribution < 1.29 is 5.21 Å². The lowest BCUT2D eigenvalue weighted by atomic mass is 10.8. The molecule has 0 amide bonds. The standard InChI is InChI=1S/C5H7NOS2/c1-3-4-9-5(8)6(2)7/h1,7H,4H2,2H3. The Balaban J connectivity index is 3.42. The van der Waals surface area contributed by atoms with E-state index in [1.165, 1.54) is 18.8 Å². The van der Waals surface area contributed by atoms with Gasteiger partial charge < -0.3 is 0 Å². The smallest absolute Gasteiger partial charge is 0.160 e. The Kier molecular flexibility index (Phi) is 4.50. The molecular weight excluding hydrogens is 154 g/mol. The first-order valence-electron chi connectivity index (χ1n) is 2.21. The fraction of sp³-hybridized carbons (Fsp3) is 0.400. The Hall–Kier alpha value is -0.240. The summed E-state index contributed by atoms with van der Waals surface area (Å²) < 4.78 is 0.396. The van der Waals surface area contributed by atoms with Gasteiger partial charge in [-0.1, -0.05) is 29.9 Å². The predicted octanol–water partition coefficient (Wildman–Crippen LogP) is 0.959. The summed E-state index contributed by atoms with van der Waals surface area (Å²) in [5.41, 5.74) is 0. The van der Waals surface area contributed by atoms with Gasteiger partial charge in [-0.05, 0) is 0 Å². The van der Waals surface area contributed by atoms with Crippen molar-refractivity contribution in [2.24, 2.45) is 0 Å². The van der Waals surface area contributed by atoms with E-state index < -0.39 is 0 Å². The van der Waals surface area contributed by atoms with E-state index in [1.807, 2.05) is 0 Å². The fourth-order valence-electron chi connectivity index (χ4n) is 0.197. The molecule has 0 aromatic carbocycles. The molecule has 0 rings (SSSR count). The van der Waals surface area contributed by atoms with Crippen molar-refractivity contribution in [2.75, 3.05) is 12.8 Å². The van der Waals surface area contributed by atoms with Crippen LogP contribution >= 0.6 is 24.0 Å². The van der Waals surface area contributed by atoms with Crippen LogP contribution in [-0.4, -0.2) is 27.4 Å². The number of hydroxylamine groups is 2. The van der Waals surface area contributed by atoms with Gasteiger partial charge >= 0.3 is 0 Å². The zero-order chi connectivity index (χ0) is 7.28. The highest BCUT2D eigenvalue weighted by molar-refractivity contribution is 8.23. The first-order chi connectivity index (χ1) is 4.18. The summed E-state index contributed by atoms with van der Waals surface area (Å²) in [4.78, 5) is 0. The van der Waals surface area contributed by atoms with Gasteiger partial charge in [0.15, 0.2) is 4.32 Å². The van der Waals surface area contributed by atoms with Crippen molar-refractivity contribution in [2.45, 2.75) is 0 Å². The van der Waals surface area contributed by atoms with E-state index in [-0.39, 0.29) is 0 Å². The first-order valence-corrected chi connectivity index (χ1v) is 3.60. The second kappa shape index (κ2) is 4.62. The highest BCUT2D eigenvalue weighted by Gasteiger charge is 1.97. The van der Waals surface area contributed by atoms with Gasteiger partial charge in [0.2, 0.25) is 0 Å². The molecule has 0 radical (unpaired) electrons. The van der Waals surface area contributed by atoms with Crippen LogP contribution in [0.4, 0.5) is 0 Å². The Morgan fingerprint density at radius 2 is 2.56 bits per heavy atom. The zero-order valence-electron chi connectivity index (χ0n) is 5.00. The summed E-state index contributed by atoms with van der Waals surface area (Å²) in [6, 6.07) is 0. The number of thioether (sulfide) groups is 1. The van der Waals surface area contributed by atoms with Crippen LogP contribution in [0.3, 0.4) is 0 Å². The van der Waals surface area contributed by atoms with E-state index in [4.69, 9.17) is 11.6 Å². The third-order valence-corrected chi connectivity index (χ3v) is 1.98. The van der Waals surface area contributed by atoms with Gasteiger partial charge in [-0.15, -0.1) is 6.42 Å². The number of thiocarbonyl (C=S) groups is 1. The molecule has 0 bridgehead atoms. The van der Waals surface area contributed by atoms with E-state index in [2.05, 4.69) is 18.1 Å². The molecule has 0 aliphatic carbocycles. The molecule has 50 valence electrons. The van der Waals surface area contributed by atoms with Gasteiger partial charge in [-0.2, -0.15) is 0 Å². The van der Waals surface area contributed by atoms with Crippen molar-refractivity contribution in [1.82, 2.24) is 5.06 Å². The van der Waals surface area contributed by atoms with Crippen LogP contribution in [0.5, 0.6) is 0 Å². The van der Waals surface area contributed by atoms with E-state index >= 15 is 0 Å². The average molecular weight is 161 g/mol. The van der Waals surface area contributed by atoms with E-state index in [1.54, 1.807) is 0 Å². The molecule has 0 aliphatic heterocycles. The maximum Gasteiger partial charge on any atom is 0.160 e. The van der Waals surface area contributed by atoms with Crippen LogP contribution in [0.1, 0.15) is 0 Å². The number of terminal acetylenes is 1. The van der Waals surface area contributed by atoms with E-state index in [0.29, 0.717) is 10.1 Å². The molecule has 0 saturated heterocycles. The van der Waals surface area contributed by atoms with Gasteiger partial charge in [0.05, 0.1) is 5.75 Å². The van der Waals surface area contributed by atoms with Crippen molar-refractivity contribution in [3.8, 4) is 12.3 Å². The predicted molar refractivity (Wildman–Crippen MR) is 43.4 cm³/mol. The Labute approximate surface area is 64.2 Å². The summed E-state index contributed by atoms with van der Waals surface area (Å²) in [6.45, 7) is 0. The lowest BCUT2D eigenvalue weighted by molar-refractivity contribution is 0.0205. The minimum atomic E-state index is 0.396. The molecule has 9 heavy (non-hydrogen) atoms. The molecule has 0 heterocycles. The summed E-state index contributed by atoms with van der Waals surface area (Å²) >= 11 is 5.94. The van der Waals surface area contributed by atoms with Crippen molar-refractivity contribution in [1.29, 1.82) is 0 Å². The van der Waals surface area contributed by atoms with Crippen molar-refractivity contribution >= 4 is 28.3 Å². The van der Waals surface area contributed by atoms with Gasteiger partial charge in [0.25, 0.3) is 0 Å². The monoisotopic (exact) mass is 161 g/mol. The first kappa shape index (κ1) is 8.76. The quantitative estimate of drug-likeness (QED) is 0.351. The van der Waals surface area contributed by atoms with Gasteiger partial charge in [0.1, 0.15) is 0 Å². The molecule has 1 N–H and O–H groups in total. The summed E-state index contributed by atoms with van der Waals surface area (Å²) in [6.07, 6.45) is 4.95. The maximum absolute atomic E-state index is 8.65. The Morgan fingerprint density at radius 1 is 2.00 bits per heavy atom. The summed E-state index contributed by atoms with van der Waals surface area (Å²) in [5.74, 6) is 2.89. The van der Waals surface area contributed by atoms with Gasteiger partial charge in [-0.25, -0.2) is 5.06 Å². The summed E-state index contributed by atoms with van der Waals surface area (Å²) in [7, 11) is 1.46. The largest absolute Gasteiger partial charge is 0.287 e. The van der Waals surface area contributed by atoms with E-state index in [0.717, 1.165) is 5.06 Å². The second-order valence-electron chi connectivity index (χ2n) is 1.28. The fourth-order valence-corrected chi connectivity index (χ4v) is 0.767. The highest BCUT2D eigenvalue weighted by atomic mass is 32.2. The molecule has 0 aliphatic rings. The number of nitrogens with zero attached hydrogens (tertiary/aromatic N) is 1. The average Bonchev–Trinajstić information content (AvgIpc) is 1.82. The molecule has 0 aromatic rings. The number of hydrogen-bond acceptors (Lipinski definition) is 3. The number of hydrogen-bond donors (Lipinski definition) is 1.